The van der Waals surface area contributed by atoms with Crippen LogP contribution in [0, 0.1) is 11.3 Å². The fourth-order valence-corrected chi connectivity index (χ4v) is 4.18. The molecule has 2 nitrogen and oxygen atoms in total. The summed E-state index contributed by atoms with van der Waals surface area (Å²) in [7, 11) is 0. The van der Waals surface area contributed by atoms with Gasteiger partial charge in [0.15, 0.2) is 0 Å². The third-order valence-electron chi connectivity index (χ3n) is 3.02. The molecule has 0 saturated heterocycles. The third kappa shape index (κ3) is 2.85. The summed E-state index contributed by atoms with van der Waals surface area (Å²) in [5.74, 6) is 0. The highest BCUT2D eigenvalue weighted by Crippen LogP contribution is 2.51. The van der Waals surface area contributed by atoms with Gasteiger partial charge in [0.25, 0.3) is 0 Å². The first-order valence-corrected chi connectivity index (χ1v) is 8.03. The molecule has 0 fully saturated rings. The summed E-state index contributed by atoms with van der Waals surface area (Å²) in [4.78, 5) is 2.75. The van der Waals surface area contributed by atoms with Gasteiger partial charge in [-0.25, -0.2) is 0 Å². The highest BCUT2D eigenvalue weighted by atomic mass is 32.2. The molecular formula is C17H12N2S2. The van der Waals surface area contributed by atoms with Crippen molar-refractivity contribution in [1.82, 2.24) is 0 Å². The summed E-state index contributed by atoms with van der Waals surface area (Å²) >= 11 is 2.92. The number of thioether (sulfide) groups is 2. The van der Waals surface area contributed by atoms with Crippen LogP contribution in [0.1, 0.15) is 11.1 Å². The van der Waals surface area contributed by atoms with Crippen LogP contribution in [0.15, 0.2) is 70.6 Å². The summed E-state index contributed by atoms with van der Waals surface area (Å²) in [6.07, 6.45) is 0. The molecule has 2 aromatic rings. The third-order valence-corrected chi connectivity index (χ3v) is 5.51. The van der Waals surface area contributed by atoms with Crippen LogP contribution in [-0.4, -0.2) is 0 Å². The summed E-state index contributed by atoms with van der Waals surface area (Å²) in [6, 6.07) is 22.4. The van der Waals surface area contributed by atoms with E-state index in [9.17, 15) is 5.26 Å². The molecule has 0 atom stereocenters. The second-order valence-electron chi connectivity index (χ2n) is 4.40. The van der Waals surface area contributed by atoms with Gasteiger partial charge in [-0.2, -0.15) is 5.26 Å². The first-order valence-electron chi connectivity index (χ1n) is 6.40. The van der Waals surface area contributed by atoms with Crippen LogP contribution in [0.25, 0.3) is 9.81 Å². The minimum atomic E-state index is 0.568. The van der Waals surface area contributed by atoms with Gasteiger partial charge in [-0.05, 0) is 11.1 Å². The molecule has 1 aliphatic heterocycles. The van der Waals surface area contributed by atoms with Crippen molar-refractivity contribution in [3.63, 3.8) is 0 Å². The molecular weight excluding hydrogens is 296 g/mol. The first-order chi connectivity index (χ1) is 10.3. The lowest BCUT2D eigenvalue weighted by Crippen LogP contribution is -2.02. The van der Waals surface area contributed by atoms with Gasteiger partial charge in [0, 0.05) is 9.81 Å². The molecule has 3 rings (SSSR count). The van der Waals surface area contributed by atoms with Gasteiger partial charge in [0.1, 0.15) is 11.0 Å². The van der Waals surface area contributed by atoms with E-state index in [-0.39, 0.29) is 0 Å². The Hall–Kier alpha value is -2.09. The van der Waals surface area contributed by atoms with Crippen LogP contribution in [0.2, 0.25) is 0 Å². The predicted octanol–water partition coefficient (Wildman–Crippen LogP) is 4.64. The molecule has 4 heteroatoms. The normalized spacial score (nSPS) is 15.0. The Bertz CT molecular complexity index is 756. The number of rotatable bonds is 2. The monoisotopic (exact) mass is 308 g/mol. The van der Waals surface area contributed by atoms with Gasteiger partial charge in [-0.3, -0.25) is 0 Å². The number of nitrogens with two attached hydrogens (primary N) is 1. The number of nitriles is 1. The number of allylic oxidation sites excluding steroid dienone is 1. The van der Waals surface area contributed by atoms with E-state index >= 15 is 0 Å². The minimum absolute atomic E-state index is 0.568. The van der Waals surface area contributed by atoms with Crippen LogP contribution in [0.3, 0.4) is 0 Å². The number of hydrogen-bond donors (Lipinski definition) is 1. The number of nitrogens with zero attached hydrogens (tertiary/aromatic N) is 1. The minimum Gasteiger partial charge on any atom is -0.392 e. The molecule has 0 saturated carbocycles. The van der Waals surface area contributed by atoms with Crippen molar-refractivity contribution in [3.05, 3.63) is 81.7 Å². The van der Waals surface area contributed by atoms with Crippen LogP contribution in [0.5, 0.6) is 0 Å². The van der Waals surface area contributed by atoms with Crippen molar-refractivity contribution in [3.8, 4) is 6.07 Å². The Morgan fingerprint density at radius 2 is 1.24 bits per heavy atom. The van der Waals surface area contributed by atoms with Crippen molar-refractivity contribution in [2.75, 3.05) is 0 Å². The Kier molecular flexibility index (Phi) is 4.05. The zero-order valence-electron chi connectivity index (χ0n) is 11.1. The molecule has 1 heterocycles. The second kappa shape index (κ2) is 6.13. The standard InChI is InChI=1S/C17H12N2S2/c18-11-14-17(19)21-16(13-9-5-2-6-10-13)15(20-14)12-7-3-1-4-8-12/h1-10H,19H2. The lowest BCUT2D eigenvalue weighted by Gasteiger charge is -2.20. The first kappa shape index (κ1) is 13.9. The van der Waals surface area contributed by atoms with Crippen molar-refractivity contribution < 1.29 is 0 Å². The molecule has 0 radical (unpaired) electrons. The average Bonchev–Trinajstić information content (AvgIpc) is 2.56. The lowest BCUT2D eigenvalue weighted by atomic mass is 10.1. The van der Waals surface area contributed by atoms with Crippen molar-refractivity contribution in [2.24, 2.45) is 5.73 Å². The van der Waals surface area contributed by atoms with E-state index in [2.05, 4.69) is 30.3 Å². The van der Waals surface area contributed by atoms with Gasteiger partial charge in [-0.15, -0.1) is 0 Å². The van der Waals surface area contributed by atoms with E-state index < -0.39 is 0 Å². The smallest absolute Gasteiger partial charge is 0.120 e. The number of benzene rings is 2. The van der Waals surface area contributed by atoms with E-state index in [1.165, 1.54) is 23.5 Å². The van der Waals surface area contributed by atoms with Gasteiger partial charge in [0.2, 0.25) is 0 Å². The summed E-state index contributed by atoms with van der Waals surface area (Å²) in [6.45, 7) is 0. The van der Waals surface area contributed by atoms with Gasteiger partial charge in [0.05, 0.1) is 5.03 Å². The van der Waals surface area contributed by atoms with Gasteiger partial charge < -0.3 is 5.73 Å². The topological polar surface area (TPSA) is 49.8 Å². The predicted molar refractivity (Wildman–Crippen MR) is 91.7 cm³/mol. The van der Waals surface area contributed by atoms with E-state index in [1.54, 1.807) is 0 Å². The van der Waals surface area contributed by atoms with Gasteiger partial charge in [-0.1, -0.05) is 84.2 Å². The summed E-state index contributed by atoms with van der Waals surface area (Å²) in [5, 5.41) is 9.81. The zero-order chi connectivity index (χ0) is 14.7. The maximum Gasteiger partial charge on any atom is 0.120 e. The van der Waals surface area contributed by atoms with Crippen molar-refractivity contribution in [2.45, 2.75) is 0 Å². The second-order valence-corrected chi connectivity index (χ2v) is 6.47. The van der Waals surface area contributed by atoms with E-state index in [4.69, 9.17) is 5.73 Å². The SMILES string of the molecule is N#CC1=C(N)SC(c2ccccc2)=C(c2ccccc2)S1. The molecule has 2 aromatic carbocycles. The maximum absolute atomic E-state index is 9.24. The molecule has 0 unspecified atom stereocenters. The van der Waals surface area contributed by atoms with E-state index in [0.717, 1.165) is 20.9 Å². The molecule has 21 heavy (non-hydrogen) atoms. The average molecular weight is 308 g/mol. The highest BCUT2D eigenvalue weighted by Gasteiger charge is 2.22. The van der Waals surface area contributed by atoms with Gasteiger partial charge >= 0.3 is 0 Å². The van der Waals surface area contributed by atoms with Crippen LogP contribution in [-0.2, 0) is 0 Å². The molecule has 2 N–H and O–H groups in total. The molecule has 0 bridgehead atoms. The quantitative estimate of drug-likeness (QED) is 0.877. The summed E-state index contributed by atoms with van der Waals surface area (Å²) in [5.41, 5.74) is 8.25. The van der Waals surface area contributed by atoms with Crippen LogP contribution < -0.4 is 5.73 Å². The Morgan fingerprint density at radius 3 is 1.71 bits per heavy atom. The largest absolute Gasteiger partial charge is 0.392 e. The molecule has 0 aromatic heterocycles. The van der Waals surface area contributed by atoms with Crippen LogP contribution in [0.4, 0.5) is 0 Å². The molecule has 0 amide bonds. The Balaban J connectivity index is 2.15. The Labute approximate surface area is 132 Å². The summed E-state index contributed by atoms with van der Waals surface area (Å²) < 4.78 is 0. The van der Waals surface area contributed by atoms with Crippen LogP contribution >= 0.6 is 23.5 Å². The number of hydrogen-bond acceptors (Lipinski definition) is 4. The maximum atomic E-state index is 9.24. The fourth-order valence-electron chi connectivity index (χ4n) is 2.04. The van der Waals surface area contributed by atoms with E-state index in [0.29, 0.717) is 9.93 Å². The Morgan fingerprint density at radius 1 is 0.762 bits per heavy atom. The highest BCUT2D eigenvalue weighted by molar-refractivity contribution is 8.20. The van der Waals surface area contributed by atoms with Crippen molar-refractivity contribution in [1.29, 1.82) is 5.26 Å². The lowest BCUT2D eigenvalue weighted by molar-refractivity contribution is 1.48. The van der Waals surface area contributed by atoms with E-state index in [1.807, 2.05) is 36.4 Å². The zero-order valence-corrected chi connectivity index (χ0v) is 12.7. The molecule has 102 valence electrons. The molecule has 1 aliphatic rings. The fraction of sp³-hybridized carbons (Fsp3) is 0. The van der Waals surface area contributed by atoms with Crippen molar-refractivity contribution >= 4 is 33.3 Å². The molecule has 0 aliphatic carbocycles. The molecule has 0 spiro atoms.